The molecule has 0 aliphatic heterocycles. The van der Waals surface area contributed by atoms with Gasteiger partial charge < -0.3 is 4.74 Å². The van der Waals surface area contributed by atoms with Gasteiger partial charge in [0.1, 0.15) is 0 Å². The number of rotatable bonds is 4. The molecule has 1 nitrogen and oxygen atoms in total. The van der Waals surface area contributed by atoms with Gasteiger partial charge in [-0.3, -0.25) is 0 Å². The van der Waals surface area contributed by atoms with Crippen LogP contribution in [0.5, 0.6) is 0 Å². The topological polar surface area (TPSA) is 9.23 Å². The van der Waals surface area contributed by atoms with Crippen LogP contribution in [0, 0.1) is 0 Å². The first-order chi connectivity index (χ1) is 6.74. The number of hydrogen-bond donors (Lipinski definition) is 0. The molecular formula is C12H15BrO. The summed E-state index contributed by atoms with van der Waals surface area (Å²) < 4.78 is 6.38. The second-order valence-electron chi connectivity index (χ2n) is 3.06. The summed E-state index contributed by atoms with van der Waals surface area (Å²) in [4.78, 5) is 0. The molecule has 0 unspecified atom stereocenters. The van der Waals surface area contributed by atoms with Crippen molar-refractivity contribution in [3.63, 3.8) is 0 Å². The smallest absolute Gasteiger partial charge is 0.0653 e. The highest BCUT2D eigenvalue weighted by Gasteiger charge is 1.95. The lowest BCUT2D eigenvalue weighted by Gasteiger charge is -2.02. The third-order valence-corrected chi connectivity index (χ3v) is 2.48. The molecule has 0 radical (unpaired) electrons. The molecule has 0 N–H and O–H groups in total. The maximum atomic E-state index is 5.27. The first-order valence-electron chi connectivity index (χ1n) is 4.74. The van der Waals surface area contributed by atoms with Crippen molar-refractivity contribution in [2.45, 2.75) is 13.8 Å². The van der Waals surface area contributed by atoms with E-state index in [-0.39, 0.29) is 0 Å². The standard InChI is InChI=1S/C12H15BrO/c1-3-14-8-7-10(2)11-5-4-6-12(13)9-11/h4-7,9H,3,8H2,1-2H3/b10-7-. The minimum absolute atomic E-state index is 0.689. The number of benzene rings is 1. The average Bonchev–Trinajstić information content (AvgIpc) is 2.18. The summed E-state index contributed by atoms with van der Waals surface area (Å²) in [5, 5.41) is 0. The quantitative estimate of drug-likeness (QED) is 0.741. The Labute approximate surface area is 93.9 Å². The Balaban J connectivity index is 2.68. The molecule has 76 valence electrons. The monoisotopic (exact) mass is 254 g/mol. The fourth-order valence-electron chi connectivity index (χ4n) is 1.15. The molecule has 0 aliphatic rings. The zero-order chi connectivity index (χ0) is 10.4. The van der Waals surface area contributed by atoms with Crippen molar-refractivity contribution in [3.8, 4) is 0 Å². The molecule has 1 aromatic carbocycles. The summed E-state index contributed by atoms with van der Waals surface area (Å²) >= 11 is 3.45. The van der Waals surface area contributed by atoms with Crippen molar-refractivity contribution in [1.82, 2.24) is 0 Å². The third-order valence-electron chi connectivity index (χ3n) is 1.99. The molecule has 0 heterocycles. The van der Waals surface area contributed by atoms with Crippen molar-refractivity contribution < 1.29 is 4.74 Å². The van der Waals surface area contributed by atoms with E-state index in [9.17, 15) is 0 Å². The Bertz CT molecular complexity index is 318. The molecule has 1 rings (SSSR count). The number of hydrogen-bond acceptors (Lipinski definition) is 1. The van der Waals surface area contributed by atoms with Gasteiger partial charge in [-0.15, -0.1) is 0 Å². The lowest BCUT2D eigenvalue weighted by atomic mass is 10.1. The van der Waals surface area contributed by atoms with E-state index in [1.807, 2.05) is 19.1 Å². The van der Waals surface area contributed by atoms with Gasteiger partial charge in [0.25, 0.3) is 0 Å². The van der Waals surface area contributed by atoms with Crippen LogP contribution in [-0.4, -0.2) is 13.2 Å². The molecule has 0 aromatic heterocycles. The SMILES string of the molecule is CCOC/C=C(/C)c1cccc(Br)c1. The predicted octanol–water partition coefficient (Wildman–Crippen LogP) is 3.89. The summed E-state index contributed by atoms with van der Waals surface area (Å²) in [7, 11) is 0. The van der Waals surface area contributed by atoms with Crippen LogP contribution in [0.15, 0.2) is 34.8 Å². The van der Waals surface area contributed by atoms with Gasteiger partial charge in [-0.25, -0.2) is 0 Å². The van der Waals surface area contributed by atoms with E-state index in [2.05, 4.69) is 41.1 Å². The average molecular weight is 255 g/mol. The highest BCUT2D eigenvalue weighted by Crippen LogP contribution is 2.18. The van der Waals surface area contributed by atoms with E-state index in [1.165, 1.54) is 11.1 Å². The Kier molecular flexibility index (Phi) is 4.91. The van der Waals surface area contributed by atoms with Gasteiger partial charge in [0, 0.05) is 11.1 Å². The summed E-state index contributed by atoms with van der Waals surface area (Å²) in [6, 6.07) is 8.27. The van der Waals surface area contributed by atoms with Crippen LogP contribution in [0.4, 0.5) is 0 Å². The molecule has 2 heteroatoms. The second kappa shape index (κ2) is 5.99. The third kappa shape index (κ3) is 3.64. The van der Waals surface area contributed by atoms with Gasteiger partial charge in [0.15, 0.2) is 0 Å². The van der Waals surface area contributed by atoms with Gasteiger partial charge >= 0.3 is 0 Å². The van der Waals surface area contributed by atoms with Crippen molar-refractivity contribution in [3.05, 3.63) is 40.4 Å². The van der Waals surface area contributed by atoms with Crippen molar-refractivity contribution in [1.29, 1.82) is 0 Å². The van der Waals surface area contributed by atoms with Crippen LogP contribution >= 0.6 is 15.9 Å². The Morgan fingerprint density at radius 2 is 2.29 bits per heavy atom. The second-order valence-corrected chi connectivity index (χ2v) is 3.97. The molecule has 0 amide bonds. The van der Waals surface area contributed by atoms with Crippen LogP contribution in [-0.2, 0) is 4.74 Å². The van der Waals surface area contributed by atoms with E-state index in [4.69, 9.17) is 4.74 Å². The van der Waals surface area contributed by atoms with E-state index in [1.54, 1.807) is 0 Å². The first kappa shape index (κ1) is 11.5. The number of ether oxygens (including phenoxy) is 1. The molecule has 1 aromatic rings. The highest BCUT2D eigenvalue weighted by atomic mass is 79.9. The van der Waals surface area contributed by atoms with Gasteiger partial charge in [0.05, 0.1) is 6.61 Å². The van der Waals surface area contributed by atoms with Crippen LogP contribution in [0.3, 0.4) is 0 Å². The Hall–Kier alpha value is -0.600. The molecule has 0 spiro atoms. The van der Waals surface area contributed by atoms with Gasteiger partial charge in [0.2, 0.25) is 0 Å². The van der Waals surface area contributed by atoms with E-state index in [0.717, 1.165) is 11.1 Å². The van der Waals surface area contributed by atoms with Crippen molar-refractivity contribution >= 4 is 21.5 Å². The van der Waals surface area contributed by atoms with Crippen LogP contribution in [0.1, 0.15) is 19.4 Å². The highest BCUT2D eigenvalue weighted by molar-refractivity contribution is 9.10. The lowest BCUT2D eigenvalue weighted by molar-refractivity contribution is 0.178. The summed E-state index contributed by atoms with van der Waals surface area (Å²) in [6.45, 7) is 5.56. The van der Waals surface area contributed by atoms with Crippen LogP contribution in [0.25, 0.3) is 5.57 Å². The zero-order valence-corrected chi connectivity index (χ0v) is 10.2. The number of allylic oxidation sites excluding steroid dienone is 1. The molecule has 0 saturated heterocycles. The lowest BCUT2D eigenvalue weighted by Crippen LogP contribution is -1.90. The van der Waals surface area contributed by atoms with Gasteiger partial charge in [-0.1, -0.05) is 34.1 Å². The number of halogens is 1. The van der Waals surface area contributed by atoms with E-state index < -0.39 is 0 Å². The predicted molar refractivity (Wildman–Crippen MR) is 64.3 cm³/mol. The fraction of sp³-hybridized carbons (Fsp3) is 0.333. The van der Waals surface area contributed by atoms with E-state index >= 15 is 0 Å². The molecule has 0 fully saturated rings. The minimum atomic E-state index is 0.689. The van der Waals surface area contributed by atoms with Gasteiger partial charge in [-0.2, -0.15) is 0 Å². The van der Waals surface area contributed by atoms with E-state index in [0.29, 0.717) is 6.61 Å². The van der Waals surface area contributed by atoms with Crippen LogP contribution < -0.4 is 0 Å². The summed E-state index contributed by atoms with van der Waals surface area (Å²) in [5.41, 5.74) is 2.49. The molecule has 0 saturated carbocycles. The normalized spacial score (nSPS) is 11.8. The molecular weight excluding hydrogens is 240 g/mol. The van der Waals surface area contributed by atoms with Crippen molar-refractivity contribution in [2.24, 2.45) is 0 Å². The molecule has 0 atom stereocenters. The Morgan fingerprint density at radius 1 is 1.50 bits per heavy atom. The maximum absolute atomic E-state index is 5.27. The molecule has 14 heavy (non-hydrogen) atoms. The first-order valence-corrected chi connectivity index (χ1v) is 5.53. The summed E-state index contributed by atoms with van der Waals surface area (Å²) in [6.07, 6.45) is 2.10. The largest absolute Gasteiger partial charge is 0.378 e. The minimum Gasteiger partial charge on any atom is -0.378 e. The molecule has 0 bridgehead atoms. The fourth-order valence-corrected chi connectivity index (χ4v) is 1.55. The zero-order valence-electron chi connectivity index (χ0n) is 8.59. The maximum Gasteiger partial charge on any atom is 0.0653 e. The Morgan fingerprint density at radius 3 is 2.93 bits per heavy atom. The molecule has 0 aliphatic carbocycles. The van der Waals surface area contributed by atoms with Crippen LogP contribution in [0.2, 0.25) is 0 Å². The van der Waals surface area contributed by atoms with Gasteiger partial charge in [-0.05, 0) is 37.1 Å². The summed E-state index contributed by atoms with van der Waals surface area (Å²) in [5.74, 6) is 0. The van der Waals surface area contributed by atoms with Crippen molar-refractivity contribution in [2.75, 3.05) is 13.2 Å².